The van der Waals surface area contributed by atoms with E-state index >= 15 is 0 Å². The van der Waals surface area contributed by atoms with E-state index in [-0.39, 0.29) is 24.4 Å². The average Bonchev–Trinajstić information content (AvgIpc) is 3.24. The quantitative estimate of drug-likeness (QED) is 0.480. The highest BCUT2D eigenvalue weighted by molar-refractivity contribution is 5.90. The number of hydrogen-bond acceptors (Lipinski definition) is 5. The van der Waals surface area contributed by atoms with Crippen LogP contribution in [-0.4, -0.2) is 30.0 Å². The highest BCUT2D eigenvalue weighted by Gasteiger charge is 2.08. The summed E-state index contributed by atoms with van der Waals surface area (Å²) in [6.07, 6.45) is 4.95. The van der Waals surface area contributed by atoms with Crippen LogP contribution in [0.2, 0.25) is 0 Å². The summed E-state index contributed by atoms with van der Waals surface area (Å²) < 4.78 is 3.34. The minimum atomic E-state index is -0.206. The Morgan fingerprint density at radius 2 is 1.65 bits per heavy atom. The van der Waals surface area contributed by atoms with Crippen LogP contribution in [0.3, 0.4) is 0 Å². The van der Waals surface area contributed by atoms with Crippen LogP contribution in [0.4, 0.5) is 5.69 Å². The molecule has 3 heterocycles. The molecular weight excluding hydrogens is 392 g/mol. The Bertz CT molecular complexity index is 1450. The van der Waals surface area contributed by atoms with Crippen LogP contribution in [0.5, 0.6) is 0 Å². The summed E-state index contributed by atoms with van der Waals surface area (Å²) in [6, 6.07) is 18.6. The van der Waals surface area contributed by atoms with Crippen molar-refractivity contribution in [2.75, 3.05) is 5.32 Å². The number of amides is 1. The normalized spacial score (nSPS) is 11.1. The number of carbonyl (C=O) groups excluding carboxylic acids is 1. The number of para-hydroxylation sites is 3. The number of fused-ring (bicyclic) bond motifs is 2. The molecule has 0 radical (unpaired) electrons. The summed E-state index contributed by atoms with van der Waals surface area (Å²) >= 11 is 0. The van der Waals surface area contributed by atoms with Crippen molar-refractivity contribution in [2.45, 2.75) is 13.0 Å². The second-order valence-electron chi connectivity index (χ2n) is 7.07. The largest absolute Gasteiger partial charge is 0.325 e. The van der Waals surface area contributed by atoms with E-state index in [0.29, 0.717) is 22.4 Å². The van der Waals surface area contributed by atoms with Gasteiger partial charge in [0.25, 0.3) is 5.56 Å². The van der Waals surface area contributed by atoms with Crippen molar-refractivity contribution in [2.24, 2.45) is 0 Å². The third-order valence-corrected chi connectivity index (χ3v) is 5.04. The van der Waals surface area contributed by atoms with E-state index in [4.69, 9.17) is 0 Å². The highest BCUT2D eigenvalue weighted by Crippen LogP contribution is 2.17. The molecule has 31 heavy (non-hydrogen) atoms. The van der Waals surface area contributed by atoms with Gasteiger partial charge in [-0.3, -0.25) is 18.7 Å². The molecule has 1 amide bonds. The van der Waals surface area contributed by atoms with Crippen molar-refractivity contribution in [1.29, 1.82) is 0 Å². The molecule has 0 aliphatic heterocycles. The topological polar surface area (TPSA) is 94.7 Å². The number of aryl methyl sites for hydroxylation is 1. The Hall–Kier alpha value is -4.33. The van der Waals surface area contributed by atoms with Crippen molar-refractivity contribution in [1.82, 2.24) is 24.1 Å². The molecule has 152 valence electrons. The van der Waals surface area contributed by atoms with Crippen LogP contribution in [0, 0.1) is 0 Å². The SMILES string of the molecule is O=C(CCn1cnc2ccccc2c1=O)Nc1ccc(-n2cnc3ccccc32)nc1. The number of rotatable bonds is 5. The number of benzene rings is 2. The second-order valence-corrected chi connectivity index (χ2v) is 7.07. The number of aromatic nitrogens is 5. The molecule has 0 aliphatic rings. The zero-order chi connectivity index (χ0) is 21.2. The highest BCUT2D eigenvalue weighted by atomic mass is 16.2. The van der Waals surface area contributed by atoms with Crippen molar-refractivity contribution >= 4 is 33.5 Å². The van der Waals surface area contributed by atoms with Crippen LogP contribution in [0.25, 0.3) is 27.8 Å². The van der Waals surface area contributed by atoms with Gasteiger partial charge in [-0.05, 0) is 36.4 Å². The van der Waals surface area contributed by atoms with Crippen LogP contribution in [0.15, 0.2) is 84.3 Å². The Kier molecular flexibility index (Phi) is 4.72. The fourth-order valence-electron chi connectivity index (χ4n) is 3.46. The first kappa shape index (κ1) is 18.7. The van der Waals surface area contributed by atoms with Crippen LogP contribution in [0.1, 0.15) is 6.42 Å². The zero-order valence-electron chi connectivity index (χ0n) is 16.5. The van der Waals surface area contributed by atoms with E-state index in [0.717, 1.165) is 11.0 Å². The number of carbonyl (C=O) groups is 1. The molecule has 0 unspecified atom stereocenters. The lowest BCUT2D eigenvalue weighted by atomic mass is 10.2. The molecule has 8 nitrogen and oxygen atoms in total. The zero-order valence-corrected chi connectivity index (χ0v) is 16.5. The van der Waals surface area contributed by atoms with E-state index in [2.05, 4.69) is 20.3 Å². The van der Waals surface area contributed by atoms with Crippen molar-refractivity contribution in [3.05, 3.63) is 89.9 Å². The van der Waals surface area contributed by atoms with E-state index in [1.165, 1.54) is 10.9 Å². The van der Waals surface area contributed by atoms with Gasteiger partial charge in [-0.25, -0.2) is 15.0 Å². The Balaban J connectivity index is 1.26. The third kappa shape index (κ3) is 3.66. The molecule has 0 saturated heterocycles. The Morgan fingerprint density at radius 1 is 0.871 bits per heavy atom. The number of nitrogens with one attached hydrogen (secondary N) is 1. The summed E-state index contributed by atoms with van der Waals surface area (Å²) in [5.74, 6) is 0.503. The van der Waals surface area contributed by atoms with Crippen LogP contribution >= 0.6 is 0 Å². The Morgan fingerprint density at radius 3 is 2.48 bits per heavy atom. The molecule has 0 bridgehead atoms. The molecule has 0 saturated carbocycles. The summed E-state index contributed by atoms with van der Waals surface area (Å²) in [5.41, 5.74) is 2.92. The first-order valence-corrected chi connectivity index (χ1v) is 9.81. The average molecular weight is 410 g/mol. The Labute approximate surface area is 176 Å². The van der Waals surface area contributed by atoms with E-state index in [9.17, 15) is 9.59 Å². The van der Waals surface area contributed by atoms with Crippen molar-refractivity contribution in [3.63, 3.8) is 0 Å². The summed E-state index contributed by atoms with van der Waals surface area (Å²) in [6.45, 7) is 0.245. The molecule has 0 aliphatic carbocycles. The van der Waals surface area contributed by atoms with Gasteiger partial charge in [-0.1, -0.05) is 24.3 Å². The van der Waals surface area contributed by atoms with Gasteiger partial charge in [0.2, 0.25) is 5.91 Å². The molecule has 0 fully saturated rings. The smallest absolute Gasteiger partial charge is 0.261 e. The molecule has 1 N–H and O–H groups in total. The molecule has 2 aromatic carbocycles. The minimum absolute atomic E-state index is 0.147. The number of hydrogen-bond donors (Lipinski definition) is 1. The fourth-order valence-corrected chi connectivity index (χ4v) is 3.46. The van der Waals surface area contributed by atoms with E-state index in [1.807, 2.05) is 41.0 Å². The molecule has 5 rings (SSSR count). The molecule has 3 aromatic heterocycles. The van der Waals surface area contributed by atoms with Crippen molar-refractivity contribution < 1.29 is 4.79 Å². The number of imidazole rings is 1. The van der Waals surface area contributed by atoms with Gasteiger partial charge in [0, 0.05) is 13.0 Å². The van der Waals surface area contributed by atoms with Crippen molar-refractivity contribution in [3.8, 4) is 5.82 Å². The number of anilines is 1. The van der Waals surface area contributed by atoms with Crippen LogP contribution in [-0.2, 0) is 11.3 Å². The minimum Gasteiger partial charge on any atom is -0.325 e. The van der Waals surface area contributed by atoms with Gasteiger partial charge in [0.1, 0.15) is 12.1 Å². The van der Waals surface area contributed by atoms with Gasteiger partial charge >= 0.3 is 0 Å². The van der Waals surface area contributed by atoms with E-state index < -0.39 is 0 Å². The van der Waals surface area contributed by atoms with Gasteiger partial charge in [0.05, 0.1) is 40.1 Å². The first-order chi connectivity index (χ1) is 15.2. The number of pyridine rings is 1. The van der Waals surface area contributed by atoms with Gasteiger partial charge in [-0.2, -0.15) is 0 Å². The van der Waals surface area contributed by atoms with Gasteiger partial charge in [0.15, 0.2) is 0 Å². The summed E-state index contributed by atoms with van der Waals surface area (Å²) in [4.78, 5) is 37.9. The summed E-state index contributed by atoms with van der Waals surface area (Å²) in [5, 5.41) is 3.36. The van der Waals surface area contributed by atoms with Gasteiger partial charge < -0.3 is 5.32 Å². The molecule has 5 aromatic rings. The third-order valence-electron chi connectivity index (χ3n) is 5.04. The molecular formula is C23H18N6O2. The maximum Gasteiger partial charge on any atom is 0.261 e. The fraction of sp³-hybridized carbons (Fsp3) is 0.0870. The standard InChI is InChI=1S/C23H18N6O2/c30-22(11-12-28-14-25-18-6-2-1-5-17(18)23(28)31)27-16-9-10-21(24-13-16)29-15-26-19-7-3-4-8-20(19)29/h1-10,13-15H,11-12H2,(H,27,30). The lowest BCUT2D eigenvalue weighted by molar-refractivity contribution is -0.116. The predicted octanol–water partition coefficient (Wildman–Crippen LogP) is 3.16. The molecule has 0 spiro atoms. The van der Waals surface area contributed by atoms with Gasteiger partial charge in [-0.15, -0.1) is 0 Å². The maximum atomic E-state index is 12.5. The lowest BCUT2D eigenvalue weighted by Crippen LogP contribution is -2.23. The predicted molar refractivity (Wildman–Crippen MR) is 118 cm³/mol. The van der Waals surface area contributed by atoms with Crippen LogP contribution < -0.4 is 10.9 Å². The lowest BCUT2D eigenvalue weighted by Gasteiger charge is -2.09. The number of nitrogens with zero attached hydrogens (tertiary/aromatic N) is 5. The maximum absolute atomic E-state index is 12.5. The summed E-state index contributed by atoms with van der Waals surface area (Å²) in [7, 11) is 0. The first-order valence-electron chi connectivity index (χ1n) is 9.81. The second kappa shape index (κ2) is 7.83. The molecule has 0 atom stereocenters. The monoisotopic (exact) mass is 410 g/mol. The van der Waals surface area contributed by atoms with E-state index in [1.54, 1.807) is 36.8 Å². The molecule has 8 heteroatoms.